The second-order valence-electron chi connectivity index (χ2n) is 3.55. The predicted molar refractivity (Wildman–Crippen MR) is 66.3 cm³/mol. The number of pyridine rings is 1. The molecule has 0 fully saturated rings. The van der Waals surface area contributed by atoms with Crippen LogP contribution in [0.4, 0.5) is 4.39 Å². The first kappa shape index (κ1) is 12.4. The first-order valence-corrected chi connectivity index (χ1v) is 6.63. The van der Waals surface area contributed by atoms with Gasteiger partial charge in [0.2, 0.25) is 10.3 Å². The molecular formula is C11H9ClFNO2S. The predicted octanol–water partition coefficient (Wildman–Crippen LogP) is 1.98. The van der Waals surface area contributed by atoms with Crippen molar-refractivity contribution in [2.24, 2.45) is 7.05 Å². The number of nitrogens with zero attached hydrogens (tertiary/aromatic N) is 1. The fraction of sp³-hybridized carbons (Fsp3) is 0.182. The summed E-state index contributed by atoms with van der Waals surface area (Å²) in [4.78, 5) is 12.1. The molecule has 1 aromatic heterocycles. The van der Waals surface area contributed by atoms with Crippen molar-refractivity contribution in [1.82, 2.24) is 4.57 Å². The maximum atomic E-state index is 13.1. The van der Waals surface area contributed by atoms with E-state index in [0.717, 1.165) is 0 Å². The second-order valence-corrected chi connectivity index (χ2v) is 5.55. The molecule has 0 saturated heterocycles. The molecule has 2 rings (SSSR count). The highest BCUT2D eigenvalue weighted by molar-refractivity contribution is 7.92. The van der Waals surface area contributed by atoms with Crippen LogP contribution in [-0.4, -0.2) is 14.3 Å². The Bertz CT molecular complexity index is 629. The molecule has 0 spiro atoms. The number of halogens is 2. The van der Waals surface area contributed by atoms with Gasteiger partial charge in [-0.05, 0) is 18.2 Å². The molecule has 2 aromatic rings. The maximum absolute atomic E-state index is 13.1. The Labute approximate surface area is 105 Å². The van der Waals surface area contributed by atoms with Crippen LogP contribution in [0.15, 0.2) is 34.1 Å². The van der Waals surface area contributed by atoms with Crippen LogP contribution in [-0.2, 0) is 18.2 Å². The minimum absolute atomic E-state index is 0.137. The van der Waals surface area contributed by atoms with E-state index in [2.05, 4.69) is 0 Å². The summed E-state index contributed by atoms with van der Waals surface area (Å²) in [6.07, 6.45) is 1.43. The van der Waals surface area contributed by atoms with Gasteiger partial charge in [-0.15, -0.1) is 0 Å². The van der Waals surface area contributed by atoms with Gasteiger partial charge < -0.3 is 9.12 Å². The molecule has 0 N–H and O–H groups in total. The van der Waals surface area contributed by atoms with Crippen molar-refractivity contribution in [2.75, 3.05) is 5.21 Å². The van der Waals surface area contributed by atoms with Crippen LogP contribution in [0.5, 0.6) is 0 Å². The number of hydrogen-bond acceptors (Lipinski definition) is 2. The average Bonchev–Trinajstić information content (AvgIpc) is 2.32. The Morgan fingerprint density at radius 1 is 1.53 bits per heavy atom. The SMILES string of the molecule is Cn1cc([S@@+]([O-])CCl)c(=O)c2ccc(F)cc21. The van der Waals surface area contributed by atoms with Gasteiger partial charge in [0.1, 0.15) is 5.82 Å². The monoisotopic (exact) mass is 273 g/mol. The lowest BCUT2D eigenvalue weighted by Crippen LogP contribution is -2.18. The highest BCUT2D eigenvalue weighted by atomic mass is 35.5. The normalized spacial score (nSPS) is 12.9. The lowest BCUT2D eigenvalue weighted by molar-refractivity contribution is 0.597. The van der Waals surface area contributed by atoms with Gasteiger partial charge in [-0.1, -0.05) is 11.6 Å². The molecule has 0 aliphatic heterocycles. The molecule has 90 valence electrons. The first-order chi connectivity index (χ1) is 8.04. The van der Waals surface area contributed by atoms with Crippen LogP contribution in [0, 0.1) is 5.82 Å². The topological polar surface area (TPSA) is 45.1 Å². The van der Waals surface area contributed by atoms with Crippen molar-refractivity contribution < 1.29 is 8.94 Å². The molecule has 1 aromatic carbocycles. The lowest BCUT2D eigenvalue weighted by atomic mass is 10.2. The van der Waals surface area contributed by atoms with Crippen LogP contribution in [0.25, 0.3) is 10.9 Å². The van der Waals surface area contributed by atoms with Gasteiger partial charge in [0.05, 0.1) is 17.1 Å². The third-order valence-corrected chi connectivity index (χ3v) is 4.04. The van der Waals surface area contributed by atoms with E-state index < -0.39 is 17.0 Å². The smallest absolute Gasteiger partial charge is 0.244 e. The van der Waals surface area contributed by atoms with Crippen molar-refractivity contribution in [3.05, 3.63) is 40.4 Å². The van der Waals surface area contributed by atoms with Crippen molar-refractivity contribution in [3.63, 3.8) is 0 Å². The highest BCUT2D eigenvalue weighted by Gasteiger charge is 2.17. The molecule has 0 saturated carbocycles. The van der Waals surface area contributed by atoms with Gasteiger partial charge in [0, 0.05) is 18.2 Å². The van der Waals surface area contributed by atoms with Crippen LogP contribution in [0.2, 0.25) is 0 Å². The van der Waals surface area contributed by atoms with E-state index >= 15 is 0 Å². The van der Waals surface area contributed by atoms with Gasteiger partial charge >= 0.3 is 0 Å². The largest absolute Gasteiger partial charge is 0.610 e. The van der Waals surface area contributed by atoms with E-state index in [-0.39, 0.29) is 15.5 Å². The number of aryl methyl sites for hydroxylation is 1. The standard InChI is InChI=1S/C11H9ClFNO2S/c1-14-5-10(17(16)6-12)11(15)8-3-2-7(13)4-9(8)14/h2-5H,6H2,1H3/t17-/m0/s1. The molecule has 1 atom stereocenters. The summed E-state index contributed by atoms with van der Waals surface area (Å²) in [6, 6.07) is 3.86. The maximum Gasteiger partial charge on any atom is 0.244 e. The fourth-order valence-corrected chi connectivity index (χ4v) is 2.71. The number of benzene rings is 1. The third-order valence-electron chi connectivity index (χ3n) is 2.46. The number of rotatable bonds is 2. The Balaban J connectivity index is 2.81. The molecule has 0 aliphatic carbocycles. The Kier molecular flexibility index (Phi) is 3.42. The lowest BCUT2D eigenvalue weighted by Gasteiger charge is -2.10. The fourth-order valence-electron chi connectivity index (χ4n) is 1.65. The van der Waals surface area contributed by atoms with Gasteiger partial charge in [-0.2, -0.15) is 0 Å². The molecule has 6 heteroatoms. The van der Waals surface area contributed by atoms with Crippen molar-refractivity contribution >= 4 is 33.7 Å². The Hall–Kier alpha value is -1.04. The number of hydrogen-bond donors (Lipinski definition) is 0. The Morgan fingerprint density at radius 3 is 2.88 bits per heavy atom. The summed E-state index contributed by atoms with van der Waals surface area (Å²) < 4.78 is 26.2. The average molecular weight is 274 g/mol. The molecule has 0 amide bonds. The third kappa shape index (κ3) is 2.18. The van der Waals surface area contributed by atoms with Gasteiger partial charge in [-0.25, -0.2) is 4.39 Å². The van der Waals surface area contributed by atoms with Crippen molar-refractivity contribution in [3.8, 4) is 0 Å². The van der Waals surface area contributed by atoms with E-state index in [0.29, 0.717) is 10.9 Å². The minimum Gasteiger partial charge on any atom is -0.610 e. The molecule has 0 unspecified atom stereocenters. The summed E-state index contributed by atoms with van der Waals surface area (Å²) in [5, 5.41) is 0.201. The van der Waals surface area contributed by atoms with Crippen LogP contribution < -0.4 is 5.43 Å². The zero-order valence-corrected chi connectivity index (χ0v) is 10.5. The quantitative estimate of drug-likeness (QED) is 0.620. The van der Waals surface area contributed by atoms with Crippen LogP contribution >= 0.6 is 11.6 Å². The molecule has 17 heavy (non-hydrogen) atoms. The number of fused-ring (bicyclic) bond motifs is 1. The Morgan fingerprint density at radius 2 is 2.24 bits per heavy atom. The van der Waals surface area contributed by atoms with Gasteiger partial charge in [0.25, 0.3) is 0 Å². The molecule has 0 bridgehead atoms. The number of alkyl halides is 1. The molecule has 1 heterocycles. The molecule has 0 radical (unpaired) electrons. The van der Waals surface area contributed by atoms with E-state index in [1.54, 1.807) is 11.6 Å². The summed E-state index contributed by atoms with van der Waals surface area (Å²) in [5.74, 6) is -0.418. The van der Waals surface area contributed by atoms with Gasteiger partial charge in [-0.3, -0.25) is 4.79 Å². The van der Waals surface area contributed by atoms with E-state index in [9.17, 15) is 13.7 Å². The molecule has 0 aliphatic rings. The zero-order valence-electron chi connectivity index (χ0n) is 8.94. The zero-order chi connectivity index (χ0) is 12.6. The summed E-state index contributed by atoms with van der Waals surface area (Å²) in [6.45, 7) is 0. The summed E-state index contributed by atoms with van der Waals surface area (Å²) >= 11 is 3.94. The van der Waals surface area contributed by atoms with E-state index in [4.69, 9.17) is 11.6 Å². The summed E-state index contributed by atoms with van der Waals surface area (Å²) in [7, 11) is 1.66. The van der Waals surface area contributed by atoms with Crippen LogP contribution in [0.1, 0.15) is 0 Å². The number of aromatic nitrogens is 1. The minimum atomic E-state index is -1.54. The highest BCUT2D eigenvalue weighted by Crippen LogP contribution is 2.16. The van der Waals surface area contributed by atoms with E-state index in [1.807, 2.05) is 0 Å². The molecule has 3 nitrogen and oxygen atoms in total. The first-order valence-electron chi connectivity index (χ1n) is 4.78. The van der Waals surface area contributed by atoms with Crippen molar-refractivity contribution in [2.45, 2.75) is 4.90 Å². The van der Waals surface area contributed by atoms with Crippen LogP contribution in [0.3, 0.4) is 0 Å². The van der Waals surface area contributed by atoms with Gasteiger partial charge in [0.15, 0.2) is 5.21 Å². The van der Waals surface area contributed by atoms with E-state index in [1.165, 1.54) is 24.4 Å². The second kappa shape index (κ2) is 4.68. The molecular weight excluding hydrogens is 265 g/mol. The summed E-state index contributed by atoms with van der Waals surface area (Å²) in [5.41, 5.74) is 0.0994. The van der Waals surface area contributed by atoms with Crippen molar-refractivity contribution in [1.29, 1.82) is 0 Å².